The Morgan fingerprint density at radius 1 is 1.56 bits per heavy atom. The van der Waals surface area contributed by atoms with E-state index in [1.165, 1.54) is 12.1 Å². The molecule has 4 nitrogen and oxygen atoms in total. The number of rotatable bonds is 5. The minimum Gasteiger partial charge on any atom is -0.479 e. The lowest BCUT2D eigenvalue weighted by atomic mass is 10.1. The van der Waals surface area contributed by atoms with Crippen molar-refractivity contribution in [3.05, 3.63) is 34.6 Å². The number of halogens is 2. The minimum absolute atomic E-state index is 0.159. The molecule has 0 bridgehead atoms. The molecule has 1 aromatic carbocycles. The van der Waals surface area contributed by atoms with Crippen LogP contribution in [-0.2, 0) is 9.53 Å². The fraction of sp³-hybridized carbons (Fsp3) is 0.300. The van der Waals surface area contributed by atoms with Crippen LogP contribution in [0.1, 0.15) is 11.7 Å². The number of aliphatic carboxylic acids is 1. The van der Waals surface area contributed by atoms with Crippen molar-refractivity contribution in [2.75, 3.05) is 13.2 Å². The van der Waals surface area contributed by atoms with Crippen LogP contribution in [0.5, 0.6) is 0 Å². The van der Waals surface area contributed by atoms with Crippen LogP contribution >= 0.6 is 11.6 Å². The Labute approximate surface area is 96.2 Å². The molecule has 0 aliphatic rings. The van der Waals surface area contributed by atoms with Crippen LogP contribution in [0.3, 0.4) is 0 Å². The number of carbonyl (C=O) groups is 1. The van der Waals surface area contributed by atoms with Crippen molar-refractivity contribution < 1.29 is 24.1 Å². The van der Waals surface area contributed by atoms with Gasteiger partial charge >= 0.3 is 5.97 Å². The standard InChI is InChI=1S/C10H10ClFO4/c11-6-1-2-8(12)7(5-6)9(10(14)15)16-4-3-13/h1-2,5,9,13H,3-4H2,(H,14,15). The van der Waals surface area contributed by atoms with Crippen LogP contribution in [0.15, 0.2) is 18.2 Å². The van der Waals surface area contributed by atoms with Gasteiger partial charge in [0.2, 0.25) is 0 Å². The van der Waals surface area contributed by atoms with E-state index in [2.05, 4.69) is 0 Å². The van der Waals surface area contributed by atoms with Gasteiger partial charge in [0.25, 0.3) is 0 Å². The van der Waals surface area contributed by atoms with E-state index in [1.807, 2.05) is 0 Å². The van der Waals surface area contributed by atoms with Gasteiger partial charge in [-0.15, -0.1) is 0 Å². The summed E-state index contributed by atoms with van der Waals surface area (Å²) in [5.74, 6) is -2.05. The number of hydrogen-bond acceptors (Lipinski definition) is 3. The van der Waals surface area contributed by atoms with Crippen molar-refractivity contribution in [1.29, 1.82) is 0 Å². The van der Waals surface area contributed by atoms with Gasteiger partial charge in [-0.2, -0.15) is 0 Å². The maximum Gasteiger partial charge on any atom is 0.337 e. The number of aliphatic hydroxyl groups excluding tert-OH is 1. The number of hydrogen-bond donors (Lipinski definition) is 2. The van der Waals surface area contributed by atoms with E-state index in [4.69, 9.17) is 26.6 Å². The predicted molar refractivity (Wildman–Crippen MR) is 54.8 cm³/mol. The minimum atomic E-state index is -1.47. The SMILES string of the molecule is O=C(O)C(OCCO)c1cc(Cl)ccc1F. The second-order valence-electron chi connectivity index (χ2n) is 2.98. The first kappa shape index (κ1) is 12.9. The average Bonchev–Trinajstić information content (AvgIpc) is 2.23. The summed E-state index contributed by atoms with van der Waals surface area (Å²) in [6, 6.07) is 3.56. The predicted octanol–water partition coefficient (Wildman–Crippen LogP) is 1.61. The number of carboxylic acid groups (broad SMARTS) is 1. The van der Waals surface area contributed by atoms with Crippen molar-refractivity contribution in [2.24, 2.45) is 0 Å². The molecule has 0 saturated carbocycles. The largest absolute Gasteiger partial charge is 0.479 e. The van der Waals surface area contributed by atoms with Gasteiger partial charge in [-0.1, -0.05) is 11.6 Å². The Morgan fingerprint density at radius 2 is 2.25 bits per heavy atom. The topological polar surface area (TPSA) is 66.8 Å². The highest BCUT2D eigenvalue weighted by Gasteiger charge is 2.24. The summed E-state index contributed by atoms with van der Waals surface area (Å²) in [7, 11) is 0. The Kier molecular flexibility index (Phi) is 4.67. The van der Waals surface area contributed by atoms with Crippen molar-refractivity contribution in [2.45, 2.75) is 6.10 Å². The summed E-state index contributed by atoms with van der Waals surface area (Å²) in [5.41, 5.74) is -0.159. The Morgan fingerprint density at radius 3 is 2.81 bits per heavy atom. The van der Waals surface area contributed by atoms with Gasteiger partial charge in [0.15, 0.2) is 6.10 Å². The van der Waals surface area contributed by atoms with E-state index < -0.39 is 17.9 Å². The maximum absolute atomic E-state index is 13.3. The van der Waals surface area contributed by atoms with Crippen molar-refractivity contribution in [3.8, 4) is 0 Å². The Bertz CT molecular complexity index is 383. The quantitative estimate of drug-likeness (QED) is 0.831. The van der Waals surface area contributed by atoms with E-state index >= 15 is 0 Å². The smallest absolute Gasteiger partial charge is 0.337 e. The summed E-state index contributed by atoms with van der Waals surface area (Å²) in [4.78, 5) is 10.9. The summed E-state index contributed by atoms with van der Waals surface area (Å²) < 4.78 is 18.2. The molecule has 1 atom stereocenters. The third-order valence-corrected chi connectivity index (χ3v) is 2.08. The van der Waals surface area contributed by atoms with E-state index in [0.717, 1.165) is 6.07 Å². The molecule has 2 N–H and O–H groups in total. The molecule has 0 aliphatic carbocycles. The first-order chi connectivity index (χ1) is 7.56. The molecule has 0 saturated heterocycles. The average molecular weight is 249 g/mol. The normalized spacial score (nSPS) is 12.4. The fourth-order valence-corrected chi connectivity index (χ4v) is 1.36. The van der Waals surface area contributed by atoms with E-state index in [9.17, 15) is 9.18 Å². The van der Waals surface area contributed by atoms with Crippen molar-refractivity contribution in [1.82, 2.24) is 0 Å². The second kappa shape index (κ2) is 5.79. The Balaban J connectivity index is 3.00. The van der Waals surface area contributed by atoms with Crippen LogP contribution in [0.2, 0.25) is 5.02 Å². The molecule has 0 radical (unpaired) electrons. The third-order valence-electron chi connectivity index (χ3n) is 1.84. The molecule has 1 rings (SSSR count). The van der Waals surface area contributed by atoms with E-state index in [0.29, 0.717) is 0 Å². The van der Waals surface area contributed by atoms with Gasteiger partial charge in [-0.3, -0.25) is 0 Å². The monoisotopic (exact) mass is 248 g/mol. The van der Waals surface area contributed by atoms with Gasteiger partial charge in [-0.05, 0) is 18.2 Å². The fourth-order valence-electron chi connectivity index (χ4n) is 1.18. The maximum atomic E-state index is 13.3. The summed E-state index contributed by atoms with van der Waals surface area (Å²) in [6.45, 7) is -0.533. The molecule has 16 heavy (non-hydrogen) atoms. The van der Waals surface area contributed by atoms with E-state index in [1.54, 1.807) is 0 Å². The van der Waals surface area contributed by atoms with Crippen LogP contribution in [0, 0.1) is 5.82 Å². The first-order valence-electron chi connectivity index (χ1n) is 4.46. The number of aliphatic hydroxyl groups is 1. The highest BCUT2D eigenvalue weighted by atomic mass is 35.5. The highest BCUT2D eigenvalue weighted by Crippen LogP contribution is 2.24. The molecule has 6 heteroatoms. The molecule has 1 aromatic rings. The first-order valence-corrected chi connectivity index (χ1v) is 4.84. The lowest BCUT2D eigenvalue weighted by Crippen LogP contribution is -2.18. The molecule has 0 amide bonds. The zero-order valence-corrected chi connectivity index (χ0v) is 8.95. The lowest BCUT2D eigenvalue weighted by molar-refractivity contribution is -0.151. The van der Waals surface area contributed by atoms with Crippen LogP contribution in [0.25, 0.3) is 0 Å². The van der Waals surface area contributed by atoms with Crippen LogP contribution < -0.4 is 0 Å². The molecular formula is C10H10ClFO4. The Hall–Kier alpha value is -1.17. The molecular weight excluding hydrogens is 239 g/mol. The van der Waals surface area contributed by atoms with Gasteiger partial charge in [-0.25, -0.2) is 9.18 Å². The van der Waals surface area contributed by atoms with Gasteiger partial charge in [0.1, 0.15) is 5.82 Å². The molecule has 0 spiro atoms. The summed E-state index contributed by atoms with van der Waals surface area (Å²) >= 11 is 5.64. The molecule has 88 valence electrons. The molecule has 0 aromatic heterocycles. The van der Waals surface area contributed by atoms with Crippen molar-refractivity contribution in [3.63, 3.8) is 0 Å². The summed E-state index contributed by atoms with van der Waals surface area (Å²) in [5, 5.41) is 17.6. The molecule has 0 heterocycles. The number of carboxylic acids is 1. The number of benzene rings is 1. The zero-order valence-electron chi connectivity index (χ0n) is 8.19. The zero-order chi connectivity index (χ0) is 12.1. The molecule has 1 unspecified atom stereocenters. The van der Waals surface area contributed by atoms with E-state index in [-0.39, 0.29) is 23.8 Å². The van der Waals surface area contributed by atoms with Crippen molar-refractivity contribution >= 4 is 17.6 Å². The highest BCUT2D eigenvalue weighted by molar-refractivity contribution is 6.30. The van der Waals surface area contributed by atoms with Gasteiger partial charge < -0.3 is 14.9 Å². The summed E-state index contributed by atoms with van der Waals surface area (Å²) in [6.07, 6.45) is -1.47. The third kappa shape index (κ3) is 3.16. The molecule has 0 fully saturated rings. The van der Waals surface area contributed by atoms with Crippen LogP contribution in [-0.4, -0.2) is 29.4 Å². The molecule has 0 aliphatic heterocycles. The lowest BCUT2D eigenvalue weighted by Gasteiger charge is -2.14. The van der Waals surface area contributed by atoms with Crippen LogP contribution in [0.4, 0.5) is 4.39 Å². The number of ether oxygens (including phenoxy) is 1. The second-order valence-corrected chi connectivity index (χ2v) is 3.41. The van der Waals surface area contributed by atoms with Gasteiger partial charge in [0.05, 0.1) is 13.2 Å². The van der Waals surface area contributed by atoms with Gasteiger partial charge in [0, 0.05) is 10.6 Å².